The molecule has 0 aromatic heterocycles. The number of anilines is 1. The zero-order chi connectivity index (χ0) is 27.7. The van der Waals surface area contributed by atoms with Crippen LogP contribution in [0, 0.1) is 23.0 Å². The molecular formula is C27H34F2N4O3S2. The largest absolute Gasteiger partial charge is 0.378 e. The average molecular weight is 565 g/mol. The maximum Gasteiger partial charge on any atom is 0.263 e. The van der Waals surface area contributed by atoms with Gasteiger partial charge in [0.2, 0.25) is 0 Å². The summed E-state index contributed by atoms with van der Waals surface area (Å²) in [6.45, 7) is 2.83. The summed E-state index contributed by atoms with van der Waals surface area (Å²) in [6.07, 6.45) is 3.79. The summed E-state index contributed by atoms with van der Waals surface area (Å²) in [5.74, 6) is -1.03. The van der Waals surface area contributed by atoms with E-state index in [1.54, 1.807) is 19.1 Å². The molecule has 0 saturated carbocycles. The Kier molecular flexibility index (Phi) is 11.1. The zero-order valence-corrected chi connectivity index (χ0v) is 23.5. The first-order chi connectivity index (χ1) is 18.1. The van der Waals surface area contributed by atoms with Gasteiger partial charge in [0.1, 0.15) is 23.3 Å². The third-order valence-electron chi connectivity index (χ3n) is 6.32. The molecule has 1 aliphatic rings. The molecule has 1 saturated heterocycles. The monoisotopic (exact) mass is 564 g/mol. The lowest BCUT2D eigenvalue weighted by molar-refractivity contribution is -0.142. The normalized spacial score (nSPS) is 19.3. The fourth-order valence-electron chi connectivity index (χ4n) is 4.01. The van der Waals surface area contributed by atoms with Gasteiger partial charge in [-0.25, -0.2) is 13.0 Å². The van der Waals surface area contributed by atoms with Gasteiger partial charge in [0.05, 0.1) is 16.1 Å². The number of nitriles is 1. The van der Waals surface area contributed by atoms with Crippen LogP contribution in [0.2, 0.25) is 0 Å². The predicted molar refractivity (Wildman–Crippen MR) is 146 cm³/mol. The standard InChI is InChI=1S/C27H34F2N4O3S2/c1-27(12-5-4-6-14-36-27)26(34)32-38(35)23-15-19(17-30)25(24(29)16-23)31-21(11-13-33(2)3)18-37-22-9-7-20(28)8-10-22/h7-10,15-16,21,31H,4-6,11-14,18H2,1-3H3,(H,32,34)/t21-,27-,38?/m1/s1. The van der Waals surface area contributed by atoms with E-state index in [0.717, 1.165) is 36.8 Å². The van der Waals surface area contributed by atoms with Crippen LogP contribution in [-0.2, 0) is 20.5 Å². The molecule has 1 unspecified atom stereocenters. The average Bonchev–Trinajstić information content (AvgIpc) is 3.12. The molecule has 0 aliphatic carbocycles. The van der Waals surface area contributed by atoms with Gasteiger partial charge in [-0.15, -0.1) is 11.8 Å². The predicted octanol–water partition coefficient (Wildman–Crippen LogP) is 4.85. The van der Waals surface area contributed by atoms with Gasteiger partial charge < -0.3 is 15.0 Å². The van der Waals surface area contributed by atoms with Crippen molar-refractivity contribution >= 4 is 34.3 Å². The molecule has 2 aromatic carbocycles. The van der Waals surface area contributed by atoms with E-state index in [2.05, 4.69) is 10.0 Å². The number of hydrogen-bond donors (Lipinski definition) is 2. The smallest absolute Gasteiger partial charge is 0.263 e. The highest BCUT2D eigenvalue weighted by Crippen LogP contribution is 2.28. The minimum Gasteiger partial charge on any atom is -0.378 e. The summed E-state index contributed by atoms with van der Waals surface area (Å²) in [7, 11) is 1.80. The number of carbonyl (C=O) groups is 1. The first-order valence-electron chi connectivity index (χ1n) is 12.5. The molecule has 2 N–H and O–H groups in total. The van der Waals surface area contributed by atoms with Crippen molar-refractivity contribution < 1.29 is 22.5 Å². The number of ether oxygens (including phenoxy) is 1. The number of amides is 1. The molecule has 3 atom stereocenters. The second-order valence-electron chi connectivity index (χ2n) is 9.73. The summed E-state index contributed by atoms with van der Waals surface area (Å²) >= 11 is 1.50. The Morgan fingerprint density at radius 2 is 1.97 bits per heavy atom. The van der Waals surface area contributed by atoms with Crippen LogP contribution in [0.25, 0.3) is 0 Å². The number of nitrogens with zero attached hydrogens (tertiary/aromatic N) is 2. The van der Waals surface area contributed by atoms with Crippen molar-refractivity contribution in [2.45, 2.75) is 60.5 Å². The summed E-state index contributed by atoms with van der Waals surface area (Å²) in [5.41, 5.74) is -1.10. The Morgan fingerprint density at radius 3 is 2.66 bits per heavy atom. The fraction of sp³-hybridized carbons (Fsp3) is 0.481. The lowest BCUT2D eigenvalue weighted by atomic mass is 9.99. The Morgan fingerprint density at radius 1 is 1.24 bits per heavy atom. The van der Waals surface area contributed by atoms with Crippen LogP contribution in [0.3, 0.4) is 0 Å². The molecule has 1 fully saturated rings. The SMILES string of the molecule is CN(C)CC[C@H](CSc1ccc(F)cc1)Nc1c(F)cc(S(=O)NC(=O)[C@@]2(C)CCCCCO2)cc1C#N. The molecule has 1 amide bonds. The van der Waals surface area contributed by atoms with E-state index in [1.807, 2.05) is 25.1 Å². The van der Waals surface area contributed by atoms with E-state index in [-0.39, 0.29) is 28.0 Å². The molecule has 206 valence electrons. The third-order valence-corrected chi connectivity index (χ3v) is 8.53. The molecule has 0 bridgehead atoms. The highest BCUT2D eigenvalue weighted by molar-refractivity contribution is 7.99. The fourth-order valence-corrected chi connectivity index (χ4v) is 5.92. The van der Waals surface area contributed by atoms with Crippen LogP contribution >= 0.6 is 11.8 Å². The number of hydrogen-bond acceptors (Lipinski definition) is 7. The van der Waals surface area contributed by atoms with E-state index in [4.69, 9.17) is 4.74 Å². The van der Waals surface area contributed by atoms with Crippen molar-refractivity contribution in [2.24, 2.45) is 0 Å². The van der Waals surface area contributed by atoms with Crippen LogP contribution < -0.4 is 10.0 Å². The van der Waals surface area contributed by atoms with Crippen molar-refractivity contribution in [1.29, 1.82) is 5.26 Å². The topological polar surface area (TPSA) is 94.5 Å². The van der Waals surface area contributed by atoms with E-state index in [1.165, 1.54) is 30.0 Å². The highest BCUT2D eigenvalue weighted by atomic mass is 32.2. The number of rotatable bonds is 11. The Labute approximate surface area is 229 Å². The van der Waals surface area contributed by atoms with Crippen molar-refractivity contribution in [3.8, 4) is 6.07 Å². The second-order valence-corrected chi connectivity index (χ2v) is 12.0. The number of carbonyl (C=O) groups excluding carboxylic acids is 1. The molecule has 11 heteroatoms. The molecule has 0 radical (unpaired) electrons. The molecule has 7 nitrogen and oxygen atoms in total. The maximum absolute atomic E-state index is 15.3. The zero-order valence-electron chi connectivity index (χ0n) is 21.9. The lowest BCUT2D eigenvalue weighted by Gasteiger charge is -2.26. The van der Waals surface area contributed by atoms with Crippen LogP contribution in [0.4, 0.5) is 14.5 Å². The quantitative estimate of drug-likeness (QED) is 0.377. The van der Waals surface area contributed by atoms with Gasteiger partial charge in [-0.3, -0.25) is 9.52 Å². The van der Waals surface area contributed by atoms with Crippen LogP contribution in [-0.4, -0.2) is 59.7 Å². The van der Waals surface area contributed by atoms with E-state index in [9.17, 15) is 18.7 Å². The van der Waals surface area contributed by atoms with Crippen LogP contribution in [0.1, 0.15) is 44.6 Å². The number of halogens is 2. The summed E-state index contributed by atoms with van der Waals surface area (Å²) in [6, 6.07) is 10.3. The molecular weight excluding hydrogens is 530 g/mol. The Bertz CT molecular complexity index is 1160. The highest BCUT2D eigenvalue weighted by Gasteiger charge is 2.36. The van der Waals surface area contributed by atoms with Crippen molar-refractivity contribution in [2.75, 3.05) is 38.3 Å². The molecule has 2 aromatic rings. The van der Waals surface area contributed by atoms with E-state index < -0.39 is 28.3 Å². The molecule has 1 heterocycles. The van der Waals surface area contributed by atoms with Gasteiger partial charge in [-0.05, 0) is 89.6 Å². The summed E-state index contributed by atoms with van der Waals surface area (Å²) in [5, 5.41) is 12.9. The van der Waals surface area contributed by atoms with Gasteiger partial charge >= 0.3 is 0 Å². The third kappa shape index (κ3) is 8.50. The van der Waals surface area contributed by atoms with Crippen LogP contribution in [0.15, 0.2) is 46.2 Å². The van der Waals surface area contributed by atoms with Gasteiger partial charge in [0.15, 0.2) is 11.0 Å². The van der Waals surface area contributed by atoms with E-state index >= 15 is 4.39 Å². The number of benzene rings is 2. The molecule has 38 heavy (non-hydrogen) atoms. The Balaban J connectivity index is 1.75. The minimum absolute atomic E-state index is 0.0128. The summed E-state index contributed by atoms with van der Waals surface area (Å²) in [4.78, 5) is 15.7. The number of thioether (sulfide) groups is 1. The van der Waals surface area contributed by atoms with Crippen LogP contribution in [0.5, 0.6) is 0 Å². The van der Waals surface area contributed by atoms with Crippen molar-refractivity contribution in [1.82, 2.24) is 9.62 Å². The molecule has 1 aliphatic heterocycles. The van der Waals surface area contributed by atoms with Gasteiger partial charge in [-0.1, -0.05) is 6.42 Å². The van der Waals surface area contributed by atoms with Crippen molar-refractivity contribution in [3.63, 3.8) is 0 Å². The lowest BCUT2D eigenvalue weighted by Crippen LogP contribution is -2.46. The Hall–Kier alpha value is -2.52. The molecule has 3 rings (SSSR count). The second kappa shape index (κ2) is 14.0. The van der Waals surface area contributed by atoms with Crippen molar-refractivity contribution in [3.05, 3.63) is 53.6 Å². The van der Waals surface area contributed by atoms with E-state index in [0.29, 0.717) is 25.2 Å². The molecule has 0 spiro atoms. The van der Waals surface area contributed by atoms with Gasteiger partial charge in [-0.2, -0.15) is 5.26 Å². The first-order valence-corrected chi connectivity index (χ1v) is 14.6. The number of nitrogens with one attached hydrogen (secondary N) is 2. The summed E-state index contributed by atoms with van der Waals surface area (Å²) < 4.78 is 49.6. The first kappa shape index (κ1) is 30.0. The van der Waals surface area contributed by atoms with Gasteiger partial charge in [0.25, 0.3) is 5.91 Å². The maximum atomic E-state index is 15.3. The van der Waals surface area contributed by atoms with Gasteiger partial charge in [0, 0.05) is 23.3 Å². The minimum atomic E-state index is -2.07.